The van der Waals surface area contributed by atoms with E-state index in [2.05, 4.69) is 5.32 Å². The second-order valence-electron chi connectivity index (χ2n) is 8.47. The number of carbonyl (C=O) groups excluding carboxylic acids is 1. The van der Waals surface area contributed by atoms with E-state index in [9.17, 15) is 13.2 Å². The molecule has 7 nitrogen and oxygen atoms in total. The van der Waals surface area contributed by atoms with Crippen LogP contribution in [0.4, 0.5) is 5.69 Å². The zero-order valence-electron chi connectivity index (χ0n) is 19.7. The van der Waals surface area contributed by atoms with Crippen LogP contribution < -0.4 is 19.1 Å². The standard InChI is InChI=1S/C25H34N2O5S/c1-19-11-16-23(32-3)24(17-19)33(29,30)27(21-12-14-22(31-2)15-13-21)18-25(28)26-20-9-7-5-4-6-8-10-20/h11-17,20H,4-10,18H2,1-3H3,(H,26,28). The van der Waals surface area contributed by atoms with E-state index < -0.39 is 10.0 Å². The van der Waals surface area contributed by atoms with Crippen LogP contribution in [0.1, 0.15) is 50.5 Å². The zero-order chi connectivity index (χ0) is 23.8. The average Bonchev–Trinajstić information content (AvgIpc) is 2.79. The van der Waals surface area contributed by atoms with Gasteiger partial charge in [-0.1, -0.05) is 38.2 Å². The minimum atomic E-state index is -4.08. The highest BCUT2D eigenvalue weighted by Crippen LogP contribution is 2.31. The van der Waals surface area contributed by atoms with E-state index in [1.165, 1.54) is 26.4 Å². The summed E-state index contributed by atoms with van der Waals surface area (Å²) < 4.78 is 39.2. The highest BCUT2D eigenvalue weighted by atomic mass is 32.2. The Morgan fingerprint density at radius 2 is 1.61 bits per heavy atom. The minimum absolute atomic E-state index is 0.0274. The summed E-state index contributed by atoms with van der Waals surface area (Å²) in [6.07, 6.45) is 7.58. The number of ether oxygens (including phenoxy) is 2. The lowest BCUT2D eigenvalue weighted by atomic mass is 9.97. The molecule has 1 fully saturated rings. The Bertz CT molecular complexity index is 1030. The highest BCUT2D eigenvalue weighted by Gasteiger charge is 2.31. The molecule has 3 rings (SSSR count). The summed E-state index contributed by atoms with van der Waals surface area (Å²) >= 11 is 0. The van der Waals surface area contributed by atoms with Crippen molar-refractivity contribution in [2.75, 3.05) is 25.1 Å². The Kier molecular flexibility index (Phi) is 8.61. The predicted octanol–water partition coefficient (Wildman–Crippen LogP) is 4.44. The van der Waals surface area contributed by atoms with E-state index in [1.54, 1.807) is 49.6 Å². The van der Waals surface area contributed by atoms with Gasteiger partial charge in [0.1, 0.15) is 22.9 Å². The van der Waals surface area contributed by atoms with Gasteiger partial charge in [-0.3, -0.25) is 9.10 Å². The molecule has 0 saturated heterocycles. The van der Waals surface area contributed by atoms with Crippen molar-refractivity contribution in [2.45, 2.75) is 62.8 Å². The monoisotopic (exact) mass is 474 g/mol. The fraction of sp³-hybridized carbons (Fsp3) is 0.480. The maximum atomic E-state index is 13.8. The van der Waals surface area contributed by atoms with Crippen molar-refractivity contribution in [1.82, 2.24) is 5.32 Å². The van der Waals surface area contributed by atoms with Gasteiger partial charge in [-0.15, -0.1) is 0 Å². The highest BCUT2D eigenvalue weighted by molar-refractivity contribution is 7.93. The third-order valence-corrected chi connectivity index (χ3v) is 7.80. The number of nitrogens with zero attached hydrogens (tertiary/aromatic N) is 1. The van der Waals surface area contributed by atoms with Crippen molar-refractivity contribution in [2.24, 2.45) is 0 Å². The number of amides is 1. The van der Waals surface area contributed by atoms with E-state index in [-0.39, 0.29) is 29.1 Å². The number of methoxy groups -OCH3 is 2. The van der Waals surface area contributed by atoms with Crippen molar-refractivity contribution in [3.8, 4) is 11.5 Å². The first-order valence-corrected chi connectivity index (χ1v) is 12.9. The van der Waals surface area contributed by atoms with Gasteiger partial charge in [-0.2, -0.15) is 0 Å². The molecule has 1 aliphatic rings. The third kappa shape index (κ3) is 6.41. The van der Waals surface area contributed by atoms with Crippen LogP contribution in [0.15, 0.2) is 47.4 Å². The Balaban J connectivity index is 1.92. The number of rotatable bonds is 8. The Hall–Kier alpha value is -2.74. The first kappa shape index (κ1) is 24.9. The van der Waals surface area contributed by atoms with Gasteiger partial charge >= 0.3 is 0 Å². The number of sulfonamides is 1. The first-order chi connectivity index (χ1) is 15.8. The van der Waals surface area contributed by atoms with Crippen molar-refractivity contribution in [1.29, 1.82) is 0 Å². The fourth-order valence-corrected chi connectivity index (χ4v) is 5.84. The second kappa shape index (κ2) is 11.4. The van der Waals surface area contributed by atoms with Gasteiger partial charge in [-0.05, 0) is 61.7 Å². The van der Waals surface area contributed by atoms with Crippen LogP contribution in [0, 0.1) is 6.92 Å². The topological polar surface area (TPSA) is 84.9 Å². The molecule has 33 heavy (non-hydrogen) atoms. The molecule has 2 aromatic carbocycles. The average molecular weight is 475 g/mol. The molecular weight excluding hydrogens is 440 g/mol. The molecule has 1 aliphatic carbocycles. The maximum Gasteiger partial charge on any atom is 0.268 e. The molecule has 2 aromatic rings. The maximum absolute atomic E-state index is 13.8. The summed E-state index contributed by atoms with van der Waals surface area (Å²) in [7, 11) is -1.10. The van der Waals surface area contributed by atoms with Crippen LogP contribution in [0.5, 0.6) is 11.5 Å². The van der Waals surface area contributed by atoms with Gasteiger partial charge in [0.2, 0.25) is 5.91 Å². The largest absolute Gasteiger partial charge is 0.497 e. The molecule has 180 valence electrons. The Morgan fingerprint density at radius 3 is 2.21 bits per heavy atom. The summed E-state index contributed by atoms with van der Waals surface area (Å²) in [4.78, 5) is 13.1. The third-order valence-electron chi connectivity index (χ3n) is 6.01. The molecule has 0 bridgehead atoms. The summed E-state index contributed by atoms with van der Waals surface area (Å²) in [6.45, 7) is 1.50. The lowest BCUT2D eigenvalue weighted by molar-refractivity contribution is -0.120. The molecule has 0 spiro atoms. The molecule has 1 saturated carbocycles. The van der Waals surface area contributed by atoms with E-state index in [4.69, 9.17) is 9.47 Å². The number of carbonyl (C=O) groups is 1. The molecule has 0 aromatic heterocycles. The minimum Gasteiger partial charge on any atom is -0.497 e. The number of hydrogen-bond acceptors (Lipinski definition) is 5. The smallest absolute Gasteiger partial charge is 0.268 e. The molecule has 0 unspecified atom stereocenters. The molecule has 0 aliphatic heterocycles. The number of hydrogen-bond donors (Lipinski definition) is 1. The van der Waals surface area contributed by atoms with Gasteiger partial charge in [-0.25, -0.2) is 8.42 Å². The van der Waals surface area contributed by atoms with E-state index in [0.717, 1.165) is 35.6 Å². The van der Waals surface area contributed by atoms with Gasteiger partial charge < -0.3 is 14.8 Å². The summed E-state index contributed by atoms with van der Waals surface area (Å²) in [5.74, 6) is 0.523. The van der Waals surface area contributed by atoms with Crippen molar-refractivity contribution >= 4 is 21.6 Å². The van der Waals surface area contributed by atoms with Crippen molar-refractivity contribution < 1.29 is 22.7 Å². The quantitative estimate of drug-likeness (QED) is 0.612. The van der Waals surface area contributed by atoms with E-state index in [1.807, 2.05) is 6.92 Å². The molecular formula is C25H34N2O5S. The molecule has 1 N–H and O–H groups in total. The predicted molar refractivity (Wildman–Crippen MR) is 130 cm³/mol. The van der Waals surface area contributed by atoms with E-state index >= 15 is 0 Å². The van der Waals surface area contributed by atoms with Crippen LogP contribution in [0.25, 0.3) is 0 Å². The van der Waals surface area contributed by atoms with Crippen molar-refractivity contribution in [3.63, 3.8) is 0 Å². The van der Waals surface area contributed by atoms with Crippen LogP contribution >= 0.6 is 0 Å². The Morgan fingerprint density at radius 1 is 0.970 bits per heavy atom. The number of anilines is 1. The van der Waals surface area contributed by atoms with Crippen LogP contribution in [-0.2, 0) is 14.8 Å². The van der Waals surface area contributed by atoms with Crippen LogP contribution in [0.3, 0.4) is 0 Å². The molecule has 8 heteroatoms. The lowest BCUT2D eigenvalue weighted by Crippen LogP contribution is -2.44. The number of aryl methyl sites for hydroxylation is 1. The molecule has 0 radical (unpaired) electrons. The fourth-order valence-electron chi connectivity index (χ4n) is 4.17. The molecule has 0 atom stereocenters. The number of nitrogens with one attached hydrogen (secondary N) is 1. The second-order valence-corrected chi connectivity index (χ2v) is 10.3. The van der Waals surface area contributed by atoms with E-state index in [0.29, 0.717) is 11.4 Å². The SMILES string of the molecule is COc1ccc(N(CC(=O)NC2CCCCCCC2)S(=O)(=O)c2cc(C)ccc2OC)cc1. The summed E-state index contributed by atoms with van der Waals surface area (Å²) in [6, 6.07) is 11.7. The van der Waals surface area contributed by atoms with Crippen LogP contribution in [0.2, 0.25) is 0 Å². The van der Waals surface area contributed by atoms with Gasteiger partial charge in [0.05, 0.1) is 19.9 Å². The van der Waals surface area contributed by atoms with Gasteiger partial charge in [0.15, 0.2) is 0 Å². The van der Waals surface area contributed by atoms with Gasteiger partial charge in [0, 0.05) is 6.04 Å². The lowest BCUT2D eigenvalue weighted by Gasteiger charge is -2.27. The van der Waals surface area contributed by atoms with Gasteiger partial charge in [0.25, 0.3) is 10.0 Å². The first-order valence-electron chi connectivity index (χ1n) is 11.5. The summed E-state index contributed by atoms with van der Waals surface area (Å²) in [5, 5.41) is 3.07. The van der Waals surface area contributed by atoms with Crippen LogP contribution in [-0.4, -0.2) is 41.1 Å². The normalized spacial score (nSPS) is 15.2. The van der Waals surface area contributed by atoms with Crippen molar-refractivity contribution in [3.05, 3.63) is 48.0 Å². The number of benzene rings is 2. The molecule has 0 heterocycles. The molecule has 1 amide bonds. The summed E-state index contributed by atoms with van der Waals surface area (Å²) in [5.41, 5.74) is 1.16. The zero-order valence-corrected chi connectivity index (χ0v) is 20.5. The Labute approximate surface area is 197 Å².